The van der Waals surface area contributed by atoms with Crippen molar-refractivity contribution in [2.75, 3.05) is 5.75 Å². The highest BCUT2D eigenvalue weighted by atomic mass is 32.2. The molecule has 152 valence electrons. The Morgan fingerprint density at radius 1 is 1.23 bits per heavy atom. The Morgan fingerprint density at radius 3 is 2.90 bits per heavy atom. The smallest absolute Gasteiger partial charge is 0.277 e. The number of rotatable bonds is 6. The number of hydrazone groups is 1. The molecule has 30 heavy (non-hydrogen) atoms. The van der Waals surface area contributed by atoms with Crippen LogP contribution in [0.15, 0.2) is 71.8 Å². The van der Waals surface area contributed by atoms with Gasteiger partial charge in [-0.3, -0.25) is 4.79 Å². The Balaban J connectivity index is 1.31. The predicted molar refractivity (Wildman–Crippen MR) is 111 cm³/mol. The third-order valence-corrected chi connectivity index (χ3v) is 6.38. The Hall–Kier alpha value is -3.11. The summed E-state index contributed by atoms with van der Waals surface area (Å²) in [4.78, 5) is 14.0. The zero-order chi connectivity index (χ0) is 20.5. The highest BCUT2D eigenvalue weighted by Crippen LogP contribution is 2.35. The van der Waals surface area contributed by atoms with Crippen molar-refractivity contribution < 1.29 is 18.0 Å². The number of hydrogen-bond donors (Lipinski definition) is 0. The summed E-state index contributed by atoms with van der Waals surface area (Å²) in [6.45, 7) is 1.82. The lowest BCUT2D eigenvalue weighted by Crippen LogP contribution is -2.28. The van der Waals surface area contributed by atoms with E-state index < -0.39 is 0 Å². The number of hydrogen-bond acceptors (Lipinski definition) is 9. The minimum atomic E-state index is -0.267. The molecule has 4 aromatic rings. The summed E-state index contributed by atoms with van der Waals surface area (Å²) in [6.07, 6.45) is 3.78. The first-order valence-electron chi connectivity index (χ1n) is 9.16. The molecule has 5 rings (SSSR count). The molecule has 0 aliphatic carbocycles. The van der Waals surface area contributed by atoms with Crippen molar-refractivity contribution in [2.24, 2.45) is 5.10 Å². The number of aryl methyl sites for hydroxylation is 1. The molecule has 0 saturated carbocycles. The van der Waals surface area contributed by atoms with E-state index in [0.717, 1.165) is 16.2 Å². The first kappa shape index (κ1) is 18.9. The summed E-state index contributed by atoms with van der Waals surface area (Å²) in [5.41, 5.74) is 1.61. The minimum absolute atomic E-state index is 0.116. The highest BCUT2D eigenvalue weighted by molar-refractivity contribution is 7.99. The Morgan fingerprint density at radius 2 is 2.17 bits per heavy atom. The molecular weight excluding hydrogens is 424 g/mol. The molecule has 1 aliphatic rings. The fraction of sp³-hybridized carbons (Fsp3) is 0.200. The molecule has 0 N–H and O–H groups in total. The van der Waals surface area contributed by atoms with Gasteiger partial charge in [0, 0.05) is 6.42 Å². The molecule has 1 amide bonds. The topological polar surface area (TPSA) is 97.9 Å². The third kappa shape index (κ3) is 3.59. The van der Waals surface area contributed by atoms with Crippen LogP contribution in [0.1, 0.15) is 28.9 Å². The zero-order valence-electron chi connectivity index (χ0n) is 15.8. The van der Waals surface area contributed by atoms with Crippen LogP contribution in [-0.2, 0) is 4.79 Å². The number of aromatic nitrogens is 2. The van der Waals surface area contributed by atoms with Gasteiger partial charge in [0.15, 0.2) is 0 Å². The van der Waals surface area contributed by atoms with Crippen molar-refractivity contribution in [3.8, 4) is 11.5 Å². The fourth-order valence-electron chi connectivity index (χ4n) is 3.21. The second-order valence-electron chi connectivity index (χ2n) is 6.55. The molecule has 0 radical (unpaired) electrons. The van der Waals surface area contributed by atoms with Crippen LogP contribution in [-0.4, -0.2) is 32.6 Å². The highest BCUT2D eigenvalue weighted by Gasteiger charge is 2.35. The number of thioether (sulfide) groups is 1. The lowest BCUT2D eigenvalue weighted by Gasteiger charge is -2.19. The molecule has 1 aliphatic heterocycles. The molecule has 4 aromatic heterocycles. The lowest BCUT2D eigenvalue weighted by molar-refractivity contribution is -0.130. The van der Waals surface area contributed by atoms with Gasteiger partial charge in [-0.15, -0.1) is 21.5 Å². The van der Waals surface area contributed by atoms with Crippen molar-refractivity contribution in [3.63, 3.8) is 0 Å². The van der Waals surface area contributed by atoms with E-state index in [9.17, 15) is 4.79 Å². The van der Waals surface area contributed by atoms with E-state index in [0.29, 0.717) is 29.1 Å². The largest absolute Gasteiger partial charge is 0.469 e. The first-order valence-corrected chi connectivity index (χ1v) is 11.0. The Bertz CT molecular complexity index is 1180. The number of amides is 1. The maximum absolute atomic E-state index is 13.0. The molecule has 0 aromatic carbocycles. The molecule has 0 saturated heterocycles. The quantitative estimate of drug-likeness (QED) is 0.399. The van der Waals surface area contributed by atoms with Gasteiger partial charge in [0.1, 0.15) is 17.6 Å². The van der Waals surface area contributed by atoms with Crippen molar-refractivity contribution in [1.82, 2.24) is 15.2 Å². The molecular formula is C20H16N4O4S2. The second kappa shape index (κ2) is 7.96. The summed E-state index contributed by atoms with van der Waals surface area (Å²) in [7, 11) is 0. The summed E-state index contributed by atoms with van der Waals surface area (Å²) >= 11 is 2.78. The molecule has 1 unspecified atom stereocenters. The normalized spacial score (nSPS) is 16.2. The van der Waals surface area contributed by atoms with Crippen LogP contribution in [0.3, 0.4) is 0 Å². The summed E-state index contributed by atoms with van der Waals surface area (Å²) in [5, 5.41) is 16.5. The lowest BCUT2D eigenvalue weighted by atomic mass is 10.1. The van der Waals surface area contributed by atoms with Crippen LogP contribution < -0.4 is 0 Å². The summed E-state index contributed by atoms with van der Waals surface area (Å²) < 4.78 is 16.5. The van der Waals surface area contributed by atoms with Crippen LogP contribution >= 0.6 is 23.1 Å². The number of carbonyl (C=O) groups excluding carboxylic acids is 1. The Kier molecular flexibility index (Phi) is 5.01. The maximum Gasteiger partial charge on any atom is 0.277 e. The molecule has 0 spiro atoms. The van der Waals surface area contributed by atoms with Gasteiger partial charge in [-0.1, -0.05) is 17.8 Å². The van der Waals surface area contributed by atoms with E-state index in [1.165, 1.54) is 16.8 Å². The molecule has 8 nitrogen and oxygen atoms in total. The molecule has 0 bridgehead atoms. The van der Waals surface area contributed by atoms with Gasteiger partial charge >= 0.3 is 0 Å². The molecule has 10 heteroatoms. The van der Waals surface area contributed by atoms with Gasteiger partial charge in [0.25, 0.3) is 17.0 Å². The maximum atomic E-state index is 13.0. The van der Waals surface area contributed by atoms with E-state index in [1.807, 2.05) is 36.6 Å². The predicted octanol–water partition coefficient (Wildman–Crippen LogP) is 4.76. The number of nitrogens with zero attached hydrogens (tertiary/aromatic N) is 4. The monoisotopic (exact) mass is 440 g/mol. The van der Waals surface area contributed by atoms with Crippen LogP contribution in [0.2, 0.25) is 0 Å². The van der Waals surface area contributed by atoms with Crippen molar-refractivity contribution >= 4 is 34.7 Å². The van der Waals surface area contributed by atoms with E-state index in [4.69, 9.17) is 13.3 Å². The van der Waals surface area contributed by atoms with Gasteiger partial charge in [0.05, 0.1) is 34.4 Å². The minimum Gasteiger partial charge on any atom is -0.469 e. The molecule has 0 fully saturated rings. The van der Waals surface area contributed by atoms with Crippen LogP contribution in [0.5, 0.6) is 0 Å². The first-order chi connectivity index (χ1) is 14.7. The number of thiophene rings is 1. The van der Waals surface area contributed by atoms with Crippen LogP contribution in [0.25, 0.3) is 11.5 Å². The summed E-state index contributed by atoms with van der Waals surface area (Å²) in [6, 6.07) is 9.15. The van der Waals surface area contributed by atoms with E-state index in [-0.39, 0.29) is 17.7 Å². The molecule has 5 heterocycles. The van der Waals surface area contributed by atoms with Gasteiger partial charge in [-0.05, 0) is 36.6 Å². The van der Waals surface area contributed by atoms with E-state index in [1.54, 1.807) is 29.9 Å². The van der Waals surface area contributed by atoms with Gasteiger partial charge in [-0.2, -0.15) is 5.10 Å². The summed E-state index contributed by atoms with van der Waals surface area (Å²) in [5.74, 6) is 1.72. The number of furan rings is 2. The van der Waals surface area contributed by atoms with E-state index in [2.05, 4.69) is 15.3 Å². The number of carbonyl (C=O) groups is 1. The van der Waals surface area contributed by atoms with Crippen LogP contribution in [0.4, 0.5) is 0 Å². The second-order valence-corrected chi connectivity index (χ2v) is 8.42. The fourth-order valence-corrected chi connectivity index (χ4v) is 4.54. The van der Waals surface area contributed by atoms with Gasteiger partial charge in [-0.25, -0.2) is 5.01 Å². The van der Waals surface area contributed by atoms with Gasteiger partial charge in [0.2, 0.25) is 0 Å². The van der Waals surface area contributed by atoms with Gasteiger partial charge < -0.3 is 13.3 Å². The average Bonchev–Trinajstić information content (AvgIpc) is 3.55. The Labute approximate surface area is 179 Å². The van der Waals surface area contributed by atoms with Crippen LogP contribution in [0, 0.1) is 6.92 Å². The standard InChI is InChI=1S/C20H16N4O4S2/c1-12-13(6-8-26-12)19-21-22-20(28-19)30-11-18(25)24-15(16-4-2-7-27-16)10-14(23-24)17-5-3-9-29-17/h2-9,15H,10-11H2,1H3. The van der Waals surface area contributed by atoms with Crippen molar-refractivity contribution in [2.45, 2.75) is 24.6 Å². The average molecular weight is 441 g/mol. The van der Waals surface area contributed by atoms with Crippen molar-refractivity contribution in [1.29, 1.82) is 0 Å². The molecule has 1 atom stereocenters. The third-order valence-electron chi connectivity index (χ3n) is 4.66. The SMILES string of the molecule is Cc1occc1-c1nnc(SCC(=O)N2N=C(c3cccs3)CC2c2ccco2)o1. The van der Waals surface area contributed by atoms with E-state index >= 15 is 0 Å². The van der Waals surface area contributed by atoms with Crippen molar-refractivity contribution in [3.05, 3.63) is 64.6 Å². The zero-order valence-corrected chi connectivity index (χ0v) is 17.5.